The smallest absolute Gasteiger partial charge is 0.379 e. The number of hydrogen-bond donors (Lipinski definition) is 5. The zero-order valence-corrected chi connectivity index (χ0v) is 13.5. The molecular formula is C10H17N5O5PS+. The van der Waals surface area contributed by atoms with Crippen LogP contribution in [0.3, 0.4) is 0 Å². The topological polar surface area (TPSA) is 149 Å². The Morgan fingerprint density at radius 3 is 2.95 bits per heavy atom. The number of aromatic amines is 1. The van der Waals surface area contributed by atoms with E-state index in [1.165, 1.54) is 13.4 Å². The van der Waals surface area contributed by atoms with Crippen molar-refractivity contribution in [2.45, 2.75) is 19.1 Å². The van der Waals surface area contributed by atoms with Crippen molar-refractivity contribution in [2.75, 3.05) is 19.5 Å². The highest BCUT2D eigenvalue weighted by Crippen LogP contribution is 2.55. The summed E-state index contributed by atoms with van der Waals surface area (Å²) < 4.78 is 11.7. The van der Waals surface area contributed by atoms with E-state index in [1.54, 1.807) is 4.57 Å². The van der Waals surface area contributed by atoms with Crippen LogP contribution in [-0.4, -0.2) is 49.1 Å². The van der Waals surface area contributed by atoms with Crippen LogP contribution in [0, 0.1) is 0 Å². The molecule has 0 radical (unpaired) electrons. The van der Waals surface area contributed by atoms with Gasteiger partial charge in [0.25, 0.3) is 5.56 Å². The number of imidazole rings is 1. The zero-order chi connectivity index (χ0) is 16.3. The molecule has 1 unspecified atom stereocenters. The van der Waals surface area contributed by atoms with Gasteiger partial charge in [-0.1, -0.05) is 0 Å². The number of anilines is 1. The first-order valence-corrected chi connectivity index (χ1v) is 9.02. The summed E-state index contributed by atoms with van der Waals surface area (Å²) in [6.45, 7) is 0.409. The maximum absolute atomic E-state index is 11.7. The maximum Gasteiger partial charge on any atom is 0.472 e. The maximum atomic E-state index is 11.7. The first kappa shape index (κ1) is 17.1. The highest BCUT2D eigenvalue weighted by molar-refractivity contribution is 8.47. The summed E-state index contributed by atoms with van der Waals surface area (Å²) in [7, 11) is -2.12. The van der Waals surface area contributed by atoms with Gasteiger partial charge in [-0.05, 0) is 6.42 Å². The Balaban J connectivity index is 2.06. The lowest BCUT2D eigenvalue weighted by Crippen LogP contribution is -2.20. The third-order valence-electron chi connectivity index (χ3n) is 2.95. The van der Waals surface area contributed by atoms with Gasteiger partial charge in [0.1, 0.15) is 6.61 Å². The number of nitrogens with two attached hydrogens (primary N) is 1. The minimum atomic E-state index is -3.60. The fourth-order valence-electron chi connectivity index (χ4n) is 1.87. The highest BCUT2D eigenvalue weighted by atomic mass is 32.7. The van der Waals surface area contributed by atoms with Gasteiger partial charge in [0.2, 0.25) is 5.95 Å². The summed E-state index contributed by atoms with van der Waals surface area (Å²) in [5.74, 6) is 0.0103. The molecule has 2 rings (SSSR count). The van der Waals surface area contributed by atoms with Crippen molar-refractivity contribution >= 4 is 36.5 Å². The molecule has 0 aliphatic carbocycles. The number of methoxy groups -OCH3 is 1. The minimum Gasteiger partial charge on any atom is -0.379 e. The Morgan fingerprint density at radius 2 is 2.32 bits per heavy atom. The van der Waals surface area contributed by atoms with Crippen LogP contribution in [0.25, 0.3) is 11.2 Å². The average Bonchev–Trinajstić information content (AvgIpc) is 2.81. The lowest BCUT2D eigenvalue weighted by molar-refractivity contribution is 0.0439. The monoisotopic (exact) mass is 350 g/mol. The molecular weight excluding hydrogens is 333 g/mol. The van der Waals surface area contributed by atoms with Crippen LogP contribution in [0.15, 0.2) is 11.1 Å². The molecule has 2 aromatic heterocycles. The molecule has 0 aliphatic heterocycles. The van der Waals surface area contributed by atoms with E-state index in [4.69, 9.17) is 24.8 Å². The number of nitrogens with one attached hydrogen (secondary N) is 1. The lowest BCUT2D eigenvalue weighted by Gasteiger charge is -2.15. The Kier molecular flexibility index (Phi) is 5.37. The van der Waals surface area contributed by atoms with E-state index >= 15 is 0 Å². The second-order valence-electron chi connectivity index (χ2n) is 4.52. The SMILES string of the molecule is COC(CCn1cnc2c(=O)[nH]c(N)nc21)CO[P+](O)(O)S. The third kappa shape index (κ3) is 4.38. The molecule has 1 atom stereocenters. The van der Waals surface area contributed by atoms with Gasteiger partial charge in [0.15, 0.2) is 11.2 Å². The molecule has 0 amide bonds. The fraction of sp³-hybridized carbons (Fsp3) is 0.500. The number of nitrogen functional groups attached to an aromatic ring is 1. The summed E-state index contributed by atoms with van der Waals surface area (Å²) >= 11 is 3.53. The Hall–Kier alpha value is -1.23. The van der Waals surface area contributed by atoms with Crippen molar-refractivity contribution in [1.29, 1.82) is 0 Å². The third-order valence-corrected chi connectivity index (χ3v) is 3.79. The Labute approximate surface area is 131 Å². The number of ether oxygens (including phenoxy) is 1. The average molecular weight is 350 g/mol. The van der Waals surface area contributed by atoms with Gasteiger partial charge in [-0.25, -0.2) is 4.98 Å². The van der Waals surface area contributed by atoms with Gasteiger partial charge in [0, 0.05) is 13.7 Å². The summed E-state index contributed by atoms with van der Waals surface area (Å²) in [6.07, 6.45) is 1.57. The zero-order valence-electron chi connectivity index (χ0n) is 11.7. The van der Waals surface area contributed by atoms with E-state index in [2.05, 4.69) is 27.2 Å². The van der Waals surface area contributed by atoms with Gasteiger partial charge in [-0.15, -0.1) is 0 Å². The molecule has 0 saturated heterocycles. The molecule has 122 valence electrons. The second kappa shape index (κ2) is 6.90. The van der Waals surface area contributed by atoms with E-state index in [9.17, 15) is 4.79 Å². The van der Waals surface area contributed by atoms with E-state index in [0.29, 0.717) is 18.6 Å². The standard InChI is InChI=1S/C10H16N5O5PS/c1-19-6(4-20-21(17,18)22)2-3-15-5-12-7-8(15)13-10(11)14-9(7)16/h5-6,17-18,22H,2-4H2,1H3,(H2-,11,13,14,16)/p+1. The van der Waals surface area contributed by atoms with E-state index in [0.717, 1.165) is 0 Å². The second-order valence-corrected chi connectivity index (χ2v) is 7.36. The van der Waals surface area contributed by atoms with Gasteiger partial charge in [-0.2, -0.15) is 19.3 Å². The summed E-state index contributed by atoms with van der Waals surface area (Å²) in [5.41, 5.74) is 5.69. The predicted octanol–water partition coefficient (Wildman–Crippen LogP) is -0.284. The first-order chi connectivity index (χ1) is 10.3. The van der Waals surface area contributed by atoms with Gasteiger partial charge < -0.3 is 15.0 Å². The van der Waals surface area contributed by atoms with Crippen LogP contribution in [0.1, 0.15) is 6.42 Å². The number of thiol groups is 1. The van der Waals surface area contributed by atoms with Crippen molar-refractivity contribution < 1.29 is 19.0 Å². The number of aryl methyl sites for hydroxylation is 1. The van der Waals surface area contributed by atoms with E-state index in [1.807, 2.05) is 0 Å². The summed E-state index contributed by atoms with van der Waals surface area (Å²) in [4.78, 5) is 40.3. The molecule has 10 nitrogen and oxygen atoms in total. The van der Waals surface area contributed by atoms with Crippen LogP contribution < -0.4 is 11.3 Å². The predicted molar refractivity (Wildman–Crippen MR) is 84.3 cm³/mol. The lowest BCUT2D eigenvalue weighted by atomic mass is 10.2. The van der Waals surface area contributed by atoms with Crippen molar-refractivity contribution in [2.24, 2.45) is 0 Å². The molecule has 0 saturated carbocycles. The fourth-order valence-corrected chi connectivity index (χ4v) is 2.44. The molecule has 0 fully saturated rings. The molecule has 2 aromatic rings. The summed E-state index contributed by atoms with van der Waals surface area (Å²) in [6, 6.07) is 0. The molecule has 0 bridgehead atoms. The molecule has 2 heterocycles. The molecule has 5 N–H and O–H groups in total. The van der Waals surface area contributed by atoms with Crippen molar-refractivity contribution in [3.05, 3.63) is 16.7 Å². The van der Waals surface area contributed by atoms with Crippen LogP contribution in [0.5, 0.6) is 0 Å². The Morgan fingerprint density at radius 1 is 1.59 bits per heavy atom. The normalized spacial score (nSPS) is 13.6. The van der Waals surface area contributed by atoms with Crippen molar-refractivity contribution in [3.63, 3.8) is 0 Å². The Bertz CT molecular complexity index is 699. The quantitative estimate of drug-likeness (QED) is 0.338. The van der Waals surface area contributed by atoms with Crippen LogP contribution in [0.4, 0.5) is 5.95 Å². The highest BCUT2D eigenvalue weighted by Gasteiger charge is 2.31. The number of aromatic nitrogens is 4. The van der Waals surface area contributed by atoms with Gasteiger partial charge in [-0.3, -0.25) is 9.78 Å². The minimum absolute atomic E-state index is 0.0103. The van der Waals surface area contributed by atoms with E-state index in [-0.39, 0.29) is 24.2 Å². The van der Waals surface area contributed by atoms with Crippen molar-refractivity contribution in [3.8, 4) is 0 Å². The molecule has 0 spiro atoms. The number of nitrogens with zero attached hydrogens (tertiary/aromatic N) is 3. The molecule has 12 heteroatoms. The largest absolute Gasteiger partial charge is 0.472 e. The van der Waals surface area contributed by atoms with Crippen LogP contribution >= 0.6 is 19.4 Å². The first-order valence-electron chi connectivity index (χ1n) is 6.25. The van der Waals surface area contributed by atoms with E-state index < -0.39 is 12.7 Å². The number of H-pyrrole nitrogens is 1. The van der Waals surface area contributed by atoms with Crippen LogP contribution in [0.2, 0.25) is 0 Å². The molecule has 0 aromatic carbocycles. The molecule has 22 heavy (non-hydrogen) atoms. The number of rotatable bonds is 7. The van der Waals surface area contributed by atoms with Gasteiger partial charge >= 0.3 is 7.15 Å². The number of fused-ring (bicyclic) bond motifs is 1. The van der Waals surface area contributed by atoms with Crippen LogP contribution in [-0.2, 0) is 15.8 Å². The summed E-state index contributed by atoms with van der Waals surface area (Å²) in [5, 5.41) is 0. The molecule has 0 aliphatic rings. The number of hydrogen-bond acceptors (Lipinski definition) is 9. The van der Waals surface area contributed by atoms with Gasteiger partial charge in [0.05, 0.1) is 24.7 Å². The van der Waals surface area contributed by atoms with Crippen molar-refractivity contribution in [1.82, 2.24) is 19.5 Å².